The molecule has 0 aliphatic carbocycles. The van der Waals surface area contributed by atoms with Gasteiger partial charge in [0.2, 0.25) is 0 Å². The summed E-state index contributed by atoms with van der Waals surface area (Å²) in [4.78, 5) is 13.4. The van der Waals surface area contributed by atoms with E-state index in [-0.39, 0.29) is 41.0 Å². The summed E-state index contributed by atoms with van der Waals surface area (Å²) in [7, 11) is 1.56. The van der Waals surface area contributed by atoms with Crippen molar-refractivity contribution in [1.29, 1.82) is 0 Å². The van der Waals surface area contributed by atoms with Crippen LogP contribution in [0.2, 0.25) is 5.02 Å². The SMILES string of the molecule is CN(CC/C(N)=N/O)C(=O)c1cc(O)ccc1Cl. The van der Waals surface area contributed by atoms with E-state index in [0.717, 1.165) is 0 Å². The van der Waals surface area contributed by atoms with Crippen LogP contribution in [-0.2, 0) is 0 Å². The van der Waals surface area contributed by atoms with Crippen molar-refractivity contribution in [2.45, 2.75) is 6.42 Å². The summed E-state index contributed by atoms with van der Waals surface area (Å²) in [5, 5.41) is 20.8. The summed E-state index contributed by atoms with van der Waals surface area (Å²) in [5.41, 5.74) is 5.52. The maximum absolute atomic E-state index is 12.0. The van der Waals surface area contributed by atoms with Gasteiger partial charge in [-0.25, -0.2) is 0 Å². The van der Waals surface area contributed by atoms with Crippen LogP contribution in [-0.4, -0.2) is 40.5 Å². The van der Waals surface area contributed by atoms with Gasteiger partial charge in [0.05, 0.1) is 10.6 Å². The van der Waals surface area contributed by atoms with Gasteiger partial charge in [-0.05, 0) is 18.2 Å². The van der Waals surface area contributed by atoms with E-state index in [1.54, 1.807) is 7.05 Å². The lowest BCUT2D eigenvalue weighted by Gasteiger charge is -2.17. The summed E-state index contributed by atoms with van der Waals surface area (Å²) in [6.07, 6.45) is 0.245. The third-order valence-electron chi connectivity index (χ3n) is 2.36. The Morgan fingerprint density at radius 3 is 2.83 bits per heavy atom. The second kappa shape index (κ2) is 6.11. The van der Waals surface area contributed by atoms with Gasteiger partial charge >= 0.3 is 0 Å². The van der Waals surface area contributed by atoms with Crippen LogP contribution < -0.4 is 5.73 Å². The Kier molecular flexibility index (Phi) is 4.79. The first-order valence-corrected chi connectivity index (χ1v) is 5.54. The lowest BCUT2D eigenvalue weighted by atomic mass is 10.2. The normalized spacial score (nSPS) is 11.3. The van der Waals surface area contributed by atoms with Crippen LogP contribution in [0.5, 0.6) is 5.75 Å². The smallest absolute Gasteiger partial charge is 0.255 e. The monoisotopic (exact) mass is 271 g/mol. The van der Waals surface area contributed by atoms with Crippen LogP contribution in [0.3, 0.4) is 0 Å². The molecule has 1 aromatic rings. The molecule has 7 heteroatoms. The fourth-order valence-corrected chi connectivity index (χ4v) is 1.51. The first-order valence-electron chi connectivity index (χ1n) is 5.16. The number of rotatable bonds is 4. The molecule has 1 aromatic carbocycles. The van der Waals surface area contributed by atoms with E-state index in [1.165, 1.54) is 23.1 Å². The van der Waals surface area contributed by atoms with E-state index in [9.17, 15) is 9.90 Å². The van der Waals surface area contributed by atoms with Crippen molar-refractivity contribution in [2.24, 2.45) is 10.9 Å². The minimum atomic E-state index is -0.346. The van der Waals surface area contributed by atoms with Gasteiger partial charge in [-0.1, -0.05) is 16.8 Å². The van der Waals surface area contributed by atoms with Gasteiger partial charge < -0.3 is 20.9 Å². The minimum Gasteiger partial charge on any atom is -0.508 e. The minimum absolute atomic E-state index is 0.0346. The summed E-state index contributed by atoms with van der Waals surface area (Å²) in [5.74, 6) is -0.342. The fourth-order valence-electron chi connectivity index (χ4n) is 1.32. The van der Waals surface area contributed by atoms with Crippen molar-refractivity contribution < 1.29 is 15.1 Å². The first-order chi connectivity index (χ1) is 8.45. The van der Waals surface area contributed by atoms with Gasteiger partial charge in [-0.3, -0.25) is 4.79 Å². The fraction of sp³-hybridized carbons (Fsp3) is 0.273. The largest absolute Gasteiger partial charge is 0.508 e. The number of oxime groups is 1. The maximum atomic E-state index is 12.0. The number of phenolic OH excluding ortho intramolecular Hbond substituents is 1. The third kappa shape index (κ3) is 3.53. The van der Waals surface area contributed by atoms with E-state index >= 15 is 0 Å². The molecule has 0 atom stereocenters. The molecule has 18 heavy (non-hydrogen) atoms. The number of phenols is 1. The molecule has 98 valence electrons. The van der Waals surface area contributed by atoms with E-state index in [4.69, 9.17) is 22.5 Å². The van der Waals surface area contributed by atoms with Crippen LogP contribution >= 0.6 is 11.6 Å². The van der Waals surface area contributed by atoms with Crippen molar-refractivity contribution in [2.75, 3.05) is 13.6 Å². The second-order valence-corrected chi connectivity index (χ2v) is 4.14. The molecule has 1 amide bonds. The molecule has 0 spiro atoms. The third-order valence-corrected chi connectivity index (χ3v) is 2.69. The Morgan fingerprint density at radius 2 is 2.22 bits per heavy atom. The number of nitrogens with zero attached hydrogens (tertiary/aromatic N) is 2. The summed E-state index contributed by atoms with van der Waals surface area (Å²) in [6, 6.07) is 4.14. The Balaban J connectivity index is 2.77. The van der Waals surface area contributed by atoms with Gasteiger partial charge in [0.25, 0.3) is 5.91 Å². The zero-order valence-corrected chi connectivity index (χ0v) is 10.6. The molecule has 6 nitrogen and oxygen atoms in total. The molecule has 0 saturated heterocycles. The van der Waals surface area contributed by atoms with Gasteiger partial charge in [-0.15, -0.1) is 0 Å². The Labute approximate surface area is 109 Å². The van der Waals surface area contributed by atoms with E-state index < -0.39 is 0 Å². The van der Waals surface area contributed by atoms with Gasteiger partial charge in [0.15, 0.2) is 0 Å². The van der Waals surface area contributed by atoms with Crippen LogP contribution in [0.25, 0.3) is 0 Å². The molecule has 0 radical (unpaired) electrons. The number of nitrogens with two attached hydrogens (primary N) is 1. The van der Waals surface area contributed by atoms with Crippen LogP contribution in [0.15, 0.2) is 23.4 Å². The van der Waals surface area contributed by atoms with Gasteiger partial charge in [-0.2, -0.15) is 0 Å². The van der Waals surface area contributed by atoms with Crippen LogP contribution in [0, 0.1) is 0 Å². The topological polar surface area (TPSA) is 99.1 Å². The molecule has 4 N–H and O–H groups in total. The van der Waals surface area contributed by atoms with E-state index in [0.29, 0.717) is 0 Å². The number of carbonyl (C=O) groups is 1. The van der Waals surface area contributed by atoms with Crippen molar-refractivity contribution >= 4 is 23.3 Å². The second-order valence-electron chi connectivity index (χ2n) is 3.73. The van der Waals surface area contributed by atoms with E-state index in [1.807, 2.05) is 0 Å². The zero-order valence-electron chi connectivity index (χ0n) is 9.80. The predicted molar refractivity (Wildman–Crippen MR) is 68.1 cm³/mol. The highest BCUT2D eigenvalue weighted by Gasteiger charge is 2.15. The molecule has 1 rings (SSSR count). The Bertz CT molecular complexity index is 477. The quantitative estimate of drug-likeness (QED) is 0.332. The molecule has 0 aliphatic rings. The van der Waals surface area contributed by atoms with Crippen molar-refractivity contribution in [3.05, 3.63) is 28.8 Å². The molecule has 0 bridgehead atoms. The molecular weight excluding hydrogens is 258 g/mol. The summed E-state index contributed by atoms with van der Waals surface area (Å²) >= 11 is 5.88. The molecular formula is C11H14ClN3O3. The maximum Gasteiger partial charge on any atom is 0.255 e. The van der Waals surface area contributed by atoms with Crippen LogP contribution in [0.4, 0.5) is 0 Å². The standard InChI is InChI=1S/C11H14ClN3O3/c1-15(5-4-10(13)14-18)11(17)8-6-7(16)2-3-9(8)12/h2-3,6,16,18H,4-5H2,1H3,(H2,13,14). The highest BCUT2D eigenvalue weighted by molar-refractivity contribution is 6.33. The predicted octanol–water partition coefficient (Wildman–Crippen LogP) is 1.25. The molecule has 0 fully saturated rings. The Morgan fingerprint density at radius 1 is 1.56 bits per heavy atom. The number of hydrogen-bond donors (Lipinski definition) is 3. The number of carbonyl (C=O) groups excluding carboxylic acids is 1. The van der Waals surface area contributed by atoms with Crippen molar-refractivity contribution in [3.8, 4) is 5.75 Å². The number of amidine groups is 1. The average Bonchev–Trinajstić information content (AvgIpc) is 2.37. The highest BCUT2D eigenvalue weighted by Crippen LogP contribution is 2.22. The van der Waals surface area contributed by atoms with Crippen LogP contribution in [0.1, 0.15) is 16.8 Å². The van der Waals surface area contributed by atoms with Crippen molar-refractivity contribution in [3.63, 3.8) is 0 Å². The number of hydrogen-bond acceptors (Lipinski definition) is 4. The molecule has 0 aromatic heterocycles. The van der Waals surface area contributed by atoms with Gasteiger partial charge in [0.1, 0.15) is 11.6 Å². The Hall–Kier alpha value is -1.95. The van der Waals surface area contributed by atoms with E-state index in [2.05, 4.69) is 5.16 Å². The molecule has 0 unspecified atom stereocenters. The summed E-state index contributed by atoms with van der Waals surface area (Å²) < 4.78 is 0. The number of amides is 1. The lowest BCUT2D eigenvalue weighted by molar-refractivity contribution is 0.0798. The zero-order chi connectivity index (χ0) is 13.7. The number of aromatic hydroxyl groups is 1. The first kappa shape index (κ1) is 14.1. The van der Waals surface area contributed by atoms with Crippen molar-refractivity contribution in [1.82, 2.24) is 4.90 Å². The van der Waals surface area contributed by atoms with Gasteiger partial charge in [0, 0.05) is 20.0 Å². The number of halogens is 1. The average molecular weight is 272 g/mol. The molecule has 0 saturated carbocycles. The highest BCUT2D eigenvalue weighted by atomic mass is 35.5. The molecule has 0 heterocycles. The lowest BCUT2D eigenvalue weighted by Crippen LogP contribution is -2.30. The molecule has 0 aliphatic heterocycles. The number of benzene rings is 1. The summed E-state index contributed by atoms with van der Waals surface area (Å²) in [6.45, 7) is 0.278.